The number of likely N-dealkylation sites (N-methyl/N-ethyl adjacent to an activating group) is 1. The molecule has 1 fully saturated rings. The van der Waals surface area contributed by atoms with E-state index in [9.17, 15) is 9.59 Å². The Balaban J connectivity index is 1.58. The van der Waals surface area contributed by atoms with Gasteiger partial charge in [0.25, 0.3) is 11.8 Å². The zero-order valence-corrected chi connectivity index (χ0v) is 18.8. The lowest BCUT2D eigenvalue weighted by Gasteiger charge is -2.36. The molecule has 0 spiro atoms. The van der Waals surface area contributed by atoms with Crippen LogP contribution in [-0.4, -0.2) is 70.9 Å². The van der Waals surface area contributed by atoms with Crippen LogP contribution in [-0.2, 0) is 9.59 Å². The third kappa shape index (κ3) is 4.30. The van der Waals surface area contributed by atoms with Crippen LogP contribution in [0.3, 0.4) is 0 Å². The van der Waals surface area contributed by atoms with Crippen molar-refractivity contribution in [3.8, 4) is 5.75 Å². The van der Waals surface area contributed by atoms with Crippen LogP contribution in [0.5, 0.6) is 5.75 Å². The predicted octanol–water partition coefficient (Wildman–Crippen LogP) is 2.43. The van der Waals surface area contributed by atoms with Crippen LogP contribution in [0.4, 0.5) is 5.95 Å². The zero-order chi connectivity index (χ0) is 22.7. The van der Waals surface area contributed by atoms with E-state index in [4.69, 9.17) is 4.74 Å². The highest BCUT2D eigenvalue weighted by molar-refractivity contribution is 6.35. The minimum Gasteiger partial charge on any atom is -0.493 e. The molecule has 8 heteroatoms. The van der Waals surface area contributed by atoms with E-state index >= 15 is 0 Å². The highest BCUT2D eigenvalue weighted by atomic mass is 16.5. The maximum atomic E-state index is 13.2. The molecular weight excluding hydrogens is 406 g/mol. The molecule has 2 aliphatic rings. The Bertz CT molecular complexity index is 996. The summed E-state index contributed by atoms with van der Waals surface area (Å²) < 4.78 is 5.77. The SMILES string of the molecule is CCN1C(=O)C(c2ccc(OCC(C)C)cc2)=C(N2CCN(c3ncccn3)CC2)C1=O. The van der Waals surface area contributed by atoms with Crippen molar-refractivity contribution >= 4 is 23.3 Å². The lowest BCUT2D eigenvalue weighted by atomic mass is 10.0. The number of hydrogen-bond acceptors (Lipinski definition) is 7. The first-order valence-electron chi connectivity index (χ1n) is 11.1. The van der Waals surface area contributed by atoms with Gasteiger partial charge in [0.1, 0.15) is 11.4 Å². The maximum absolute atomic E-state index is 13.2. The third-order valence-corrected chi connectivity index (χ3v) is 5.62. The molecule has 0 atom stereocenters. The Kier molecular flexibility index (Phi) is 6.39. The first kappa shape index (κ1) is 21.8. The van der Waals surface area contributed by atoms with Crippen LogP contribution < -0.4 is 9.64 Å². The van der Waals surface area contributed by atoms with Gasteiger partial charge in [-0.15, -0.1) is 0 Å². The molecule has 0 aliphatic carbocycles. The number of ether oxygens (including phenoxy) is 1. The average molecular weight is 436 g/mol. The van der Waals surface area contributed by atoms with E-state index in [1.165, 1.54) is 4.90 Å². The molecule has 0 saturated carbocycles. The van der Waals surface area contributed by atoms with Crippen molar-refractivity contribution < 1.29 is 14.3 Å². The Labute approximate surface area is 188 Å². The smallest absolute Gasteiger partial charge is 0.277 e. The van der Waals surface area contributed by atoms with Gasteiger partial charge in [0.2, 0.25) is 5.95 Å². The number of rotatable bonds is 7. The summed E-state index contributed by atoms with van der Waals surface area (Å²) in [5, 5.41) is 0. The van der Waals surface area contributed by atoms with Crippen LogP contribution >= 0.6 is 0 Å². The second-order valence-corrected chi connectivity index (χ2v) is 8.33. The summed E-state index contributed by atoms with van der Waals surface area (Å²) in [4.78, 5) is 40.4. The number of anilines is 1. The number of hydrogen-bond donors (Lipinski definition) is 0. The van der Waals surface area contributed by atoms with Crippen molar-refractivity contribution in [3.05, 3.63) is 54.0 Å². The van der Waals surface area contributed by atoms with Gasteiger partial charge in [-0.25, -0.2) is 9.97 Å². The first-order chi connectivity index (χ1) is 15.5. The summed E-state index contributed by atoms with van der Waals surface area (Å²) in [5.41, 5.74) is 1.69. The second kappa shape index (κ2) is 9.38. The highest BCUT2D eigenvalue weighted by Crippen LogP contribution is 2.33. The van der Waals surface area contributed by atoms with E-state index in [-0.39, 0.29) is 11.8 Å². The Morgan fingerprint density at radius 3 is 2.16 bits per heavy atom. The monoisotopic (exact) mass is 435 g/mol. The predicted molar refractivity (Wildman–Crippen MR) is 122 cm³/mol. The lowest BCUT2D eigenvalue weighted by molar-refractivity contribution is -0.137. The largest absolute Gasteiger partial charge is 0.493 e. The summed E-state index contributed by atoms with van der Waals surface area (Å²) in [6, 6.07) is 9.24. The number of carbonyl (C=O) groups is 2. The number of piperazine rings is 1. The normalized spacial score (nSPS) is 17.1. The molecule has 4 rings (SSSR count). The summed E-state index contributed by atoms with van der Waals surface area (Å²) >= 11 is 0. The third-order valence-electron chi connectivity index (χ3n) is 5.62. The molecular formula is C24H29N5O3. The van der Waals surface area contributed by atoms with Crippen molar-refractivity contribution in [2.45, 2.75) is 20.8 Å². The molecule has 32 heavy (non-hydrogen) atoms. The number of benzene rings is 1. The van der Waals surface area contributed by atoms with Crippen LogP contribution in [0, 0.1) is 5.92 Å². The standard InChI is InChI=1S/C24H29N5O3/c1-4-29-22(30)20(18-6-8-19(9-7-18)32-16-17(2)3)21(23(29)31)27-12-14-28(15-13-27)24-25-10-5-11-26-24/h5-11,17H,4,12-16H2,1-3H3. The number of amides is 2. The fraction of sp³-hybridized carbons (Fsp3) is 0.417. The van der Waals surface area contributed by atoms with Crippen molar-refractivity contribution in [2.24, 2.45) is 5.92 Å². The van der Waals surface area contributed by atoms with Crippen molar-refractivity contribution in [3.63, 3.8) is 0 Å². The van der Waals surface area contributed by atoms with E-state index in [1.807, 2.05) is 36.1 Å². The van der Waals surface area contributed by atoms with Gasteiger partial charge in [0.15, 0.2) is 0 Å². The van der Waals surface area contributed by atoms with Gasteiger partial charge in [-0.1, -0.05) is 26.0 Å². The van der Waals surface area contributed by atoms with E-state index < -0.39 is 0 Å². The van der Waals surface area contributed by atoms with Gasteiger partial charge in [-0.05, 0) is 36.6 Å². The topological polar surface area (TPSA) is 78.9 Å². The molecule has 1 aromatic carbocycles. The maximum Gasteiger partial charge on any atom is 0.277 e. The molecule has 8 nitrogen and oxygen atoms in total. The van der Waals surface area contributed by atoms with Gasteiger partial charge in [-0.2, -0.15) is 0 Å². The minimum absolute atomic E-state index is 0.225. The van der Waals surface area contributed by atoms with Crippen molar-refractivity contribution in [1.29, 1.82) is 0 Å². The second-order valence-electron chi connectivity index (χ2n) is 8.33. The Morgan fingerprint density at radius 1 is 0.938 bits per heavy atom. The van der Waals surface area contributed by atoms with Crippen molar-refractivity contribution in [2.75, 3.05) is 44.2 Å². The average Bonchev–Trinajstić information content (AvgIpc) is 3.08. The molecule has 1 aromatic heterocycles. The van der Waals surface area contributed by atoms with Crippen LogP contribution in [0.1, 0.15) is 26.3 Å². The van der Waals surface area contributed by atoms with E-state index in [0.717, 1.165) is 11.3 Å². The summed E-state index contributed by atoms with van der Waals surface area (Å²) in [5.74, 6) is 1.40. The molecule has 1 saturated heterocycles. The van der Waals surface area contributed by atoms with Crippen LogP contribution in [0.2, 0.25) is 0 Å². The van der Waals surface area contributed by atoms with Crippen LogP contribution in [0.25, 0.3) is 5.57 Å². The van der Waals surface area contributed by atoms with Gasteiger partial charge < -0.3 is 14.5 Å². The van der Waals surface area contributed by atoms with E-state index in [1.54, 1.807) is 18.5 Å². The van der Waals surface area contributed by atoms with Gasteiger partial charge in [0, 0.05) is 45.1 Å². The minimum atomic E-state index is -0.239. The first-order valence-corrected chi connectivity index (χ1v) is 11.1. The lowest BCUT2D eigenvalue weighted by Crippen LogP contribution is -2.48. The van der Waals surface area contributed by atoms with Gasteiger partial charge >= 0.3 is 0 Å². The number of nitrogens with zero attached hydrogens (tertiary/aromatic N) is 5. The molecule has 3 heterocycles. The molecule has 0 radical (unpaired) electrons. The van der Waals surface area contributed by atoms with Gasteiger partial charge in [-0.3, -0.25) is 14.5 Å². The fourth-order valence-electron chi connectivity index (χ4n) is 3.97. The Hall–Kier alpha value is -3.42. The highest BCUT2D eigenvalue weighted by Gasteiger charge is 2.41. The molecule has 0 N–H and O–H groups in total. The summed E-state index contributed by atoms with van der Waals surface area (Å²) in [7, 11) is 0. The zero-order valence-electron chi connectivity index (χ0n) is 18.8. The quantitative estimate of drug-likeness (QED) is 0.618. The van der Waals surface area contributed by atoms with Crippen LogP contribution in [0.15, 0.2) is 48.4 Å². The molecule has 168 valence electrons. The summed E-state index contributed by atoms with van der Waals surface area (Å²) in [6.07, 6.45) is 3.45. The molecule has 2 aliphatic heterocycles. The fourth-order valence-corrected chi connectivity index (χ4v) is 3.97. The summed E-state index contributed by atoms with van der Waals surface area (Å²) in [6.45, 7) is 9.57. The van der Waals surface area contributed by atoms with Gasteiger partial charge in [0.05, 0.1) is 12.2 Å². The molecule has 0 unspecified atom stereocenters. The number of carbonyl (C=O) groups excluding carboxylic acids is 2. The van der Waals surface area contributed by atoms with Crippen molar-refractivity contribution in [1.82, 2.24) is 19.8 Å². The number of aromatic nitrogens is 2. The van der Waals surface area contributed by atoms with E-state index in [2.05, 4.69) is 28.7 Å². The molecule has 2 aromatic rings. The van der Waals surface area contributed by atoms with E-state index in [0.29, 0.717) is 62.5 Å². The molecule has 0 bridgehead atoms. The number of imide groups is 1. The Morgan fingerprint density at radius 2 is 1.56 bits per heavy atom. The molecule has 2 amide bonds.